The van der Waals surface area contributed by atoms with Crippen molar-refractivity contribution in [1.29, 1.82) is 0 Å². The third-order valence-corrected chi connectivity index (χ3v) is 3.77. The van der Waals surface area contributed by atoms with Crippen LogP contribution in [0.5, 0.6) is 0 Å². The van der Waals surface area contributed by atoms with Gasteiger partial charge in [-0.15, -0.1) is 0 Å². The minimum atomic E-state index is -0.592. The maximum atomic E-state index is 12.3. The van der Waals surface area contributed by atoms with E-state index in [1.54, 1.807) is 11.1 Å². The van der Waals surface area contributed by atoms with Crippen LogP contribution in [0.3, 0.4) is 0 Å². The molecule has 2 heterocycles. The van der Waals surface area contributed by atoms with Crippen LogP contribution in [0.4, 0.5) is 5.82 Å². The fourth-order valence-electron chi connectivity index (χ4n) is 2.57. The predicted molar refractivity (Wildman–Crippen MR) is 75.9 cm³/mol. The largest absolute Gasteiger partial charge is 0.342 e. The van der Waals surface area contributed by atoms with E-state index >= 15 is 0 Å². The first-order valence-electron chi connectivity index (χ1n) is 6.59. The summed E-state index contributed by atoms with van der Waals surface area (Å²) in [5, 5.41) is 0. The van der Waals surface area contributed by atoms with Gasteiger partial charge in [0.15, 0.2) is 0 Å². The number of amides is 1. The smallest absolute Gasteiger partial charge is 0.247 e. The third-order valence-electron chi connectivity index (χ3n) is 3.77. The van der Waals surface area contributed by atoms with E-state index < -0.39 is 5.54 Å². The zero-order valence-electron chi connectivity index (χ0n) is 12.1. The Labute approximate surface area is 114 Å². The molecule has 1 aliphatic rings. The second-order valence-electron chi connectivity index (χ2n) is 5.64. The molecule has 1 aromatic heterocycles. The lowest BCUT2D eigenvalue weighted by molar-refractivity contribution is -0.136. The number of pyridine rings is 1. The van der Waals surface area contributed by atoms with Gasteiger partial charge in [0.1, 0.15) is 11.4 Å². The predicted octanol–water partition coefficient (Wildman–Crippen LogP) is 1.16. The van der Waals surface area contributed by atoms with Gasteiger partial charge in [-0.1, -0.05) is 6.07 Å². The lowest BCUT2D eigenvalue weighted by Crippen LogP contribution is -2.62. The summed E-state index contributed by atoms with van der Waals surface area (Å²) in [6.07, 6.45) is 1.75. The average Bonchev–Trinajstić information content (AvgIpc) is 2.36. The Hall–Kier alpha value is -1.62. The molecule has 2 N–H and O–H groups in total. The van der Waals surface area contributed by atoms with Crippen LogP contribution in [0.1, 0.15) is 32.4 Å². The molecule has 0 aliphatic carbocycles. The van der Waals surface area contributed by atoms with Gasteiger partial charge in [0.05, 0.1) is 0 Å². The van der Waals surface area contributed by atoms with Crippen molar-refractivity contribution in [2.24, 2.45) is 5.73 Å². The molecule has 1 amide bonds. The normalized spacial score (nSPS) is 20.6. The summed E-state index contributed by atoms with van der Waals surface area (Å²) in [5.41, 5.74) is 6.40. The highest BCUT2D eigenvalue weighted by Crippen LogP contribution is 2.31. The highest BCUT2D eigenvalue weighted by Gasteiger charge is 2.41. The summed E-state index contributed by atoms with van der Waals surface area (Å²) in [6, 6.07) is 3.76. The number of likely N-dealkylation sites (N-methyl/N-ethyl adjacent to an activating group) is 1. The van der Waals surface area contributed by atoms with Crippen molar-refractivity contribution in [1.82, 2.24) is 9.88 Å². The molecular weight excluding hydrogens is 240 g/mol. The maximum absolute atomic E-state index is 12.3. The van der Waals surface area contributed by atoms with Crippen molar-refractivity contribution in [3.63, 3.8) is 0 Å². The fraction of sp³-hybridized carbons (Fsp3) is 0.571. The second kappa shape index (κ2) is 4.81. The molecule has 5 nitrogen and oxygen atoms in total. The summed E-state index contributed by atoms with van der Waals surface area (Å²) >= 11 is 0. The fourth-order valence-corrected chi connectivity index (χ4v) is 2.57. The van der Waals surface area contributed by atoms with E-state index in [0.29, 0.717) is 6.54 Å². The number of carbonyl (C=O) groups excluding carboxylic acids is 1. The minimum absolute atomic E-state index is 0.103. The first-order chi connectivity index (χ1) is 8.85. The quantitative estimate of drug-likeness (QED) is 0.868. The summed E-state index contributed by atoms with van der Waals surface area (Å²) < 4.78 is 0. The number of anilines is 1. The van der Waals surface area contributed by atoms with Crippen molar-refractivity contribution in [2.45, 2.75) is 32.4 Å². The number of nitrogens with zero attached hydrogens (tertiary/aromatic N) is 3. The molecule has 1 aromatic rings. The van der Waals surface area contributed by atoms with Crippen molar-refractivity contribution in [2.75, 3.05) is 25.0 Å². The zero-order valence-corrected chi connectivity index (χ0v) is 12.1. The first kappa shape index (κ1) is 13.8. The van der Waals surface area contributed by atoms with E-state index in [1.807, 2.05) is 40.0 Å². The molecule has 0 bridgehead atoms. The topological polar surface area (TPSA) is 62.5 Å². The van der Waals surface area contributed by atoms with E-state index in [-0.39, 0.29) is 11.9 Å². The van der Waals surface area contributed by atoms with Gasteiger partial charge in [0.25, 0.3) is 0 Å². The van der Waals surface area contributed by atoms with Crippen LogP contribution in [0.2, 0.25) is 0 Å². The second-order valence-corrected chi connectivity index (χ2v) is 5.64. The monoisotopic (exact) mass is 262 g/mol. The summed E-state index contributed by atoms with van der Waals surface area (Å²) in [4.78, 5) is 20.6. The summed E-state index contributed by atoms with van der Waals surface area (Å²) in [7, 11) is 1.84. The lowest BCUT2D eigenvalue weighted by atomic mass is 9.96. The number of nitrogens with two attached hydrogens (primary N) is 1. The van der Waals surface area contributed by atoms with Crippen LogP contribution in [-0.2, 0) is 4.79 Å². The molecule has 1 fully saturated rings. The van der Waals surface area contributed by atoms with Crippen LogP contribution in [0.25, 0.3) is 0 Å². The number of carbonyl (C=O) groups is 1. The van der Waals surface area contributed by atoms with E-state index in [1.165, 1.54) is 0 Å². The van der Waals surface area contributed by atoms with Crippen LogP contribution in [0, 0.1) is 0 Å². The van der Waals surface area contributed by atoms with Crippen LogP contribution < -0.4 is 10.6 Å². The number of aromatic nitrogens is 1. The Morgan fingerprint density at radius 2 is 2.11 bits per heavy atom. The van der Waals surface area contributed by atoms with Crippen LogP contribution in [-0.4, -0.2) is 41.5 Å². The van der Waals surface area contributed by atoms with Gasteiger partial charge in [0.2, 0.25) is 5.91 Å². The van der Waals surface area contributed by atoms with Gasteiger partial charge >= 0.3 is 0 Å². The van der Waals surface area contributed by atoms with Crippen molar-refractivity contribution in [3.8, 4) is 0 Å². The number of piperazine rings is 1. The third kappa shape index (κ3) is 2.30. The van der Waals surface area contributed by atoms with Gasteiger partial charge in [-0.05, 0) is 26.8 Å². The molecule has 5 heteroatoms. The minimum Gasteiger partial charge on any atom is -0.342 e. The van der Waals surface area contributed by atoms with Crippen molar-refractivity contribution >= 4 is 11.7 Å². The van der Waals surface area contributed by atoms with Gasteiger partial charge in [-0.25, -0.2) is 4.98 Å². The summed E-state index contributed by atoms with van der Waals surface area (Å²) in [5.74, 6) is 0.934. The van der Waals surface area contributed by atoms with E-state index in [4.69, 9.17) is 5.73 Å². The van der Waals surface area contributed by atoms with E-state index in [0.717, 1.165) is 17.9 Å². The molecule has 0 radical (unpaired) electrons. The maximum Gasteiger partial charge on any atom is 0.247 e. The number of hydrogen-bond acceptors (Lipinski definition) is 4. The standard InChI is InChI=1S/C14H22N4O/c1-10(15)11-6-5-7-16-12(11)18-9-8-17(4)13(19)14(18,2)3/h5-7,10H,8-9,15H2,1-4H3/t10-/m0/s1. The first-order valence-corrected chi connectivity index (χ1v) is 6.59. The molecule has 1 atom stereocenters. The van der Waals surface area contributed by atoms with Gasteiger partial charge in [-0.3, -0.25) is 4.79 Å². The molecule has 1 saturated heterocycles. The van der Waals surface area contributed by atoms with Crippen molar-refractivity contribution < 1.29 is 4.79 Å². The Morgan fingerprint density at radius 3 is 2.74 bits per heavy atom. The molecular formula is C14H22N4O. The number of rotatable bonds is 2. The van der Waals surface area contributed by atoms with E-state index in [2.05, 4.69) is 9.88 Å². The summed E-state index contributed by atoms with van der Waals surface area (Å²) in [6.45, 7) is 7.28. The number of hydrogen-bond donors (Lipinski definition) is 1. The Balaban J connectivity index is 2.44. The van der Waals surface area contributed by atoms with Crippen molar-refractivity contribution in [3.05, 3.63) is 23.9 Å². The molecule has 2 rings (SSSR count). The molecule has 0 aromatic carbocycles. The SMILES string of the molecule is C[C@H](N)c1cccnc1N1CCN(C)C(=O)C1(C)C. The zero-order chi connectivity index (χ0) is 14.2. The Morgan fingerprint density at radius 1 is 1.42 bits per heavy atom. The average molecular weight is 262 g/mol. The highest BCUT2D eigenvalue weighted by atomic mass is 16.2. The molecule has 0 saturated carbocycles. The van der Waals surface area contributed by atoms with E-state index in [9.17, 15) is 4.79 Å². The van der Waals surface area contributed by atoms with Crippen LogP contribution >= 0.6 is 0 Å². The lowest BCUT2D eigenvalue weighted by Gasteiger charge is -2.46. The molecule has 0 unspecified atom stereocenters. The Kier molecular flexibility index (Phi) is 3.49. The molecule has 19 heavy (non-hydrogen) atoms. The molecule has 1 aliphatic heterocycles. The highest BCUT2D eigenvalue weighted by molar-refractivity contribution is 5.90. The molecule has 0 spiro atoms. The van der Waals surface area contributed by atoms with Gasteiger partial charge in [0, 0.05) is 37.9 Å². The Bertz CT molecular complexity index is 484. The van der Waals surface area contributed by atoms with Gasteiger partial charge < -0.3 is 15.5 Å². The molecule has 104 valence electrons. The van der Waals surface area contributed by atoms with Crippen LogP contribution in [0.15, 0.2) is 18.3 Å². The van der Waals surface area contributed by atoms with Gasteiger partial charge in [-0.2, -0.15) is 0 Å².